The highest BCUT2D eigenvalue weighted by atomic mass is 16.6. The van der Waals surface area contributed by atoms with Crippen LogP contribution in [0.2, 0.25) is 0 Å². The Morgan fingerprint density at radius 1 is 1.15 bits per heavy atom. The molecule has 1 N–H and O–H groups in total. The second-order valence-corrected chi connectivity index (χ2v) is 6.65. The second kappa shape index (κ2) is 7.66. The van der Waals surface area contributed by atoms with E-state index in [1.807, 2.05) is 18.2 Å². The molecule has 2 aromatic carbocycles. The molecule has 3 rings (SSSR count). The number of carbonyl (C=O) groups excluding carboxylic acids is 1. The first kappa shape index (κ1) is 18.1. The van der Waals surface area contributed by atoms with Crippen molar-refractivity contribution in [3.8, 4) is 0 Å². The number of benzene rings is 2. The summed E-state index contributed by atoms with van der Waals surface area (Å²) in [5.41, 5.74) is 1.69. The topological polar surface area (TPSA) is 81.5 Å². The zero-order valence-corrected chi connectivity index (χ0v) is 14.7. The zero-order valence-electron chi connectivity index (χ0n) is 14.7. The molecule has 136 valence electrons. The maximum atomic E-state index is 12.7. The molecule has 0 spiro atoms. The van der Waals surface area contributed by atoms with E-state index in [-0.39, 0.29) is 17.0 Å². The molecule has 0 radical (unpaired) electrons. The van der Waals surface area contributed by atoms with Crippen LogP contribution in [0.4, 0.5) is 5.69 Å². The molecule has 0 aromatic heterocycles. The normalized spacial score (nSPS) is 16.0. The fourth-order valence-electron chi connectivity index (χ4n) is 3.53. The van der Waals surface area contributed by atoms with Crippen LogP contribution >= 0.6 is 0 Å². The molecule has 1 saturated heterocycles. The summed E-state index contributed by atoms with van der Waals surface area (Å²) < 4.78 is 5.51. The lowest BCUT2D eigenvalue weighted by Crippen LogP contribution is -2.44. The van der Waals surface area contributed by atoms with Gasteiger partial charge in [0.1, 0.15) is 0 Å². The van der Waals surface area contributed by atoms with E-state index in [1.165, 1.54) is 11.6 Å². The lowest BCUT2D eigenvalue weighted by molar-refractivity contribution is -0.385. The molecule has 1 aliphatic rings. The summed E-state index contributed by atoms with van der Waals surface area (Å²) in [5.74, 6) is -0.284. The Hall–Kier alpha value is -2.73. The van der Waals surface area contributed by atoms with Gasteiger partial charge in [-0.3, -0.25) is 14.9 Å². The van der Waals surface area contributed by atoms with Crippen molar-refractivity contribution in [3.63, 3.8) is 0 Å². The number of nitro benzene ring substituents is 1. The van der Waals surface area contributed by atoms with Crippen LogP contribution in [0.25, 0.3) is 0 Å². The van der Waals surface area contributed by atoms with Crippen molar-refractivity contribution in [2.24, 2.45) is 0 Å². The van der Waals surface area contributed by atoms with Gasteiger partial charge in [0.25, 0.3) is 11.6 Å². The molecule has 1 fully saturated rings. The quantitative estimate of drug-likeness (QED) is 0.659. The van der Waals surface area contributed by atoms with E-state index < -0.39 is 4.92 Å². The first-order chi connectivity index (χ1) is 12.5. The second-order valence-electron chi connectivity index (χ2n) is 6.65. The minimum Gasteiger partial charge on any atom is -0.381 e. The molecular weight excluding hydrogens is 332 g/mol. The number of rotatable bonds is 5. The van der Waals surface area contributed by atoms with E-state index in [0.717, 1.165) is 12.8 Å². The van der Waals surface area contributed by atoms with Crippen molar-refractivity contribution in [2.75, 3.05) is 19.8 Å². The van der Waals surface area contributed by atoms with Crippen molar-refractivity contribution < 1.29 is 14.5 Å². The van der Waals surface area contributed by atoms with Crippen LogP contribution in [0.5, 0.6) is 0 Å². The molecule has 0 aliphatic carbocycles. The van der Waals surface area contributed by atoms with Gasteiger partial charge in [0.05, 0.1) is 4.92 Å². The summed E-state index contributed by atoms with van der Waals surface area (Å²) in [6, 6.07) is 14.7. The minimum absolute atomic E-state index is 0.0403. The van der Waals surface area contributed by atoms with Crippen LogP contribution < -0.4 is 5.32 Å². The highest BCUT2D eigenvalue weighted by molar-refractivity contribution is 5.96. The van der Waals surface area contributed by atoms with Crippen LogP contribution in [-0.4, -0.2) is 30.6 Å². The predicted octanol–water partition coefficient (Wildman–Crippen LogP) is 3.38. The number of carbonyl (C=O) groups is 1. The molecule has 0 atom stereocenters. The third kappa shape index (κ3) is 3.60. The minimum atomic E-state index is -0.462. The Morgan fingerprint density at radius 3 is 2.50 bits per heavy atom. The molecule has 1 aliphatic heterocycles. The van der Waals surface area contributed by atoms with Crippen molar-refractivity contribution in [1.82, 2.24) is 5.32 Å². The van der Waals surface area contributed by atoms with Gasteiger partial charge in [0, 0.05) is 42.4 Å². The summed E-state index contributed by atoms with van der Waals surface area (Å²) in [5, 5.41) is 14.1. The van der Waals surface area contributed by atoms with Gasteiger partial charge in [-0.05, 0) is 31.4 Å². The standard InChI is InChI=1S/C20H22N2O4/c1-15-17(8-5-9-18(15)22(24)25)19(23)21-14-20(10-12-26-13-11-20)16-6-3-2-4-7-16/h2-9H,10-14H2,1H3,(H,21,23). The molecule has 6 nitrogen and oxygen atoms in total. The van der Waals surface area contributed by atoms with E-state index in [0.29, 0.717) is 30.9 Å². The molecule has 2 aromatic rings. The largest absolute Gasteiger partial charge is 0.381 e. The molecule has 26 heavy (non-hydrogen) atoms. The van der Waals surface area contributed by atoms with Crippen LogP contribution in [-0.2, 0) is 10.2 Å². The summed E-state index contributed by atoms with van der Waals surface area (Å²) in [4.78, 5) is 23.3. The number of nitro groups is 1. The van der Waals surface area contributed by atoms with E-state index >= 15 is 0 Å². The molecule has 0 saturated carbocycles. The summed E-state index contributed by atoms with van der Waals surface area (Å²) in [6.07, 6.45) is 1.65. The first-order valence-corrected chi connectivity index (χ1v) is 8.69. The number of hydrogen-bond acceptors (Lipinski definition) is 4. The van der Waals surface area contributed by atoms with Crippen LogP contribution in [0.1, 0.15) is 34.3 Å². The Bertz CT molecular complexity index is 799. The summed E-state index contributed by atoms with van der Waals surface area (Å²) >= 11 is 0. The monoisotopic (exact) mass is 354 g/mol. The first-order valence-electron chi connectivity index (χ1n) is 8.69. The Labute approximate surface area is 152 Å². The zero-order chi connectivity index (χ0) is 18.6. The average molecular weight is 354 g/mol. The summed E-state index contributed by atoms with van der Waals surface area (Å²) in [7, 11) is 0. The van der Waals surface area contributed by atoms with Crippen LogP contribution in [0, 0.1) is 17.0 Å². The number of amides is 1. The van der Waals surface area contributed by atoms with Gasteiger partial charge in [-0.2, -0.15) is 0 Å². The van der Waals surface area contributed by atoms with Gasteiger partial charge in [0.15, 0.2) is 0 Å². The van der Waals surface area contributed by atoms with Crippen LogP contribution in [0.3, 0.4) is 0 Å². The fourth-order valence-corrected chi connectivity index (χ4v) is 3.53. The lowest BCUT2D eigenvalue weighted by atomic mass is 9.74. The highest BCUT2D eigenvalue weighted by Crippen LogP contribution is 2.34. The SMILES string of the molecule is Cc1c(C(=O)NCC2(c3ccccc3)CCOCC2)cccc1[N+](=O)[O-]. The number of ether oxygens (including phenoxy) is 1. The van der Waals surface area contributed by atoms with Gasteiger partial charge in [-0.1, -0.05) is 36.4 Å². The van der Waals surface area contributed by atoms with Gasteiger partial charge in [-0.25, -0.2) is 0 Å². The molecular formula is C20H22N2O4. The highest BCUT2D eigenvalue weighted by Gasteiger charge is 2.35. The fraction of sp³-hybridized carbons (Fsp3) is 0.350. The summed E-state index contributed by atoms with van der Waals surface area (Å²) in [6.45, 7) is 3.39. The third-order valence-corrected chi connectivity index (χ3v) is 5.17. The van der Waals surface area contributed by atoms with Crippen LogP contribution in [0.15, 0.2) is 48.5 Å². The van der Waals surface area contributed by atoms with Crippen molar-refractivity contribution in [3.05, 3.63) is 75.3 Å². The van der Waals surface area contributed by atoms with Crippen molar-refractivity contribution >= 4 is 11.6 Å². The molecule has 0 bridgehead atoms. The van der Waals surface area contributed by atoms with Crippen molar-refractivity contribution in [2.45, 2.75) is 25.2 Å². The molecule has 0 unspecified atom stereocenters. The van der Waals surface area contributed by atoms with E-state index in [4.69, 9.17) is 4.74 Å². The maximum Gasteiger partial charge on any atom is 0.273 e. The smallest absolute Gasteiger partial charge is 0.273 e. The number of hydrogen-bond donors (Lipinski definition) is 1. The Morgan fingerprint density at radius 2 is 1.85 bits per heavy atom. The predicted molar refractivity (Wildman–Crippen MR) is 98.3 cm³/mol. The van der Waals surface area contributed by atoms with E-state index in [2.05, 4.69) is 17.4 Å². The lowest BCUT2D eigenvalue weighted by Gasteiger charge is -2.38. The average Bonchev–Trinajstić information content (AvgIpc) is 2.67. The number of nitrogens with zero attached hydrogens (tertiary/aromatic N) is 1. The van der Waals surface area contributed by atoms with Gasteiger partial charge < -0.3 is 10.1 Å². The van der Waals surface area contributed by atoms with E-state index in [9.17, 15) is 14.9 Å². The maximum absolute atomic E-state index is 12.7. The Kier molecular flexibility index (Phi) is 5.32. The third-order valence-electron chi connectivity index (χ3n) is 5.17. The van der Waals surface area contributed by atoms with Gasteiger partial charge in [-0.15, -0.1) is 0 Å². The molecule has 1 heterocycles. The number of nitrogens with one attached hydrogen (secondary N) is 1. The molecule has 1 amide bonds. The van der Waals surface area contributed by atoms with Gasteiger partial charge in [0.2, 0.25) is 0 Å². The van der Waals surface area contributed by atoms with E-state index in [1.54, 1.807) is 19.1 Å². The van der Waals surface area contributed by atoms with Gasteiger partial charge >= 0.3 is 0 Å². The molecule has 6 heteroatoms. The van der Waals surface area contributed by atoms with Crippen molar-refractivity contribution in [1.29, 1.82) is 0 Å². The Balaban J connectivity index is 1.81.